The molecule has 0 atom stereocenters. The van der Waals surface area contributed by atoms with Crippen molar-refractivity contribution < 1.29 is 79.3 Å². The van der Waals surface area contributed by atoms with Gasteiger partial charge in [-0.15, -0.1) is 0 Å². The molecule has 0 bridgehead atoms. The Morgan fingerprint density at radius 1 is 0.892 bits per heavy atom. The van der Waals surface area contributed by atoms with Gasteiger partial charge in [0, 0.05) is 39.6 Å². The van der Waals surface area contributed by atoms with Gasteiger partial charge in [0.15, 0.2) is 26.1 Å². The van der Waals surface area contributed by atoms with Gasteiger partial charge in [-0.3, -0.25) is 15.3 Å². The molecule has 0 saturated heterocycles. The number of hydrogen-bond donors (Lipinski definition) is 4. The molecule has 0 aromatic heterocycles. The fraction of sp³-hybridized carbons (Fsp3) is 0.867. The minimum absolute atomic E-state index is 0. The second-order valence-electron chi connectivity index (χ2n) is 6.78. The Balaban J connectivity index is -0.000000137. The Kier molecular flexibility index (Phi) is 24.6. The van der Waals surface area contributed by atoms with Crippen LogP contribution in [0.1, 0.15) is 27.7 Å². The van der Waals surface area contributed by atoms with E-state index in [-0.39, 0.29) is 22.7 Å². The number of aliphatic hydroxyl groups is 1. The van der Waals surface area contributed by atoms with Gasteiger partial charge >= 0.3 is 27.8 Å². The molecule has 0 spiro atoms. The van der Waals surface area contributed by atoms with Crippen molar-refractivity contribution in [3.05, 3.63) is 0 Å². The number of rotatable bonds is 8. The zero-order valence-corrected chi connectivity index (χ0v) is 22.7. The minimum Gasteiger partial charge on any atom is -0.846 e. The minimum atomic E-state index is -6.09. The largest absolute Gasteiger partial charge is 3.00 e. The van der Waals surface area contributed by atoms with Crippen LogP contribution in [0.3, 0.4) is 0 Å². The van der Waals surface area contributed by atoms with Crippen LogP contribution in [-0.2, 0) is 37.0 Å². The summed E-state index contributed by atoms with van der Waals surface area (Å²) in [5.74, 6) is -0.333. The quantitative estimate of drug-likeness (QED) is 0.0857. The third-order valence-electron chi connectivity index (χ3n) is 3.09. The molecule has 0 radical (unpaired) electrons. The van der Waals surface area contributed by atoms with Gasteiger partial charge in [-0.1, -0.05) is 19.4 Å². The van der Waals surface area contributed by atoms with Gasteiger partial charge in [0.05, 0.1) is 6.54 Å². The van der Waals surface area contributed by atoms with E-state index in [2.05, 4.69) is 9.89 Å². The Labute approximate surface area is 221 Å². The fourth-order valence-corrected chi connectivity index (χ4v) is 1.25. The van der Waals surface area contributed by atoms with Crippen molar-refractivity contribution in [2.45, 2.75) is 44.3 Å². The Morgan fingerprint density at radius 3 is 1.30 bits per heavy atom. The molecule has 0 aromatic rings. The Hall–Kier alpha value is -1.11. The fourth-order valence-electron chi connectivity index (χ4n) is 1.25. The number of nitrogens with two attached hydrogens (primary N) is 2. The molecular weight excluding hydrogens is 615 g/mol. The summed E-state index contributed by atoms with van der Waals surface area (Å²) in [5.41, 5.74) is -0.738. The van der Waals surface area contributed by atoms with Gasteiger partial charge in [-0.05, 0) is 12.6 Å². The molecule has 0 aliphatic heterocycles. The maximum absolute atomic E-state index is 11.5. The number of nitrogens with one attached hydrogen (secondary N) is 1. The van der Waals surface area contributed by atoms with Crippen LogP contribution in [-0.4, -0.2) is 103 Å². The summed E-state index contributed by atoms with van der Waals surface area (Å²) in [6.07, 6.45) is 0. The molecule has 0 amide bonds. The monoisotopic (exact) mass is 645 g/mol. The van der Waals surface area contributed by atoms with E-state index >= 15 is 0 Å². The third-order valence-corrected chi connectivity index (χ3v) is 4.23. The van der Waals surface area contributed by atoms with Gasteiger partial charge in [-0.2, -0.15) is 26.3 Å². The third kappa shape index (κ3) is 31.0. The predicted octanol–water partition coefficient (Wildman–Crippen LogP) is -0.553. The summed E-state index contributed by atoms with van der Waals surface area (Å²) in [6.45, 7) is 10.7. The zero-order chi connectivity index (χ0) is 30.2. The van der Waals surface area contributed by atoms with Crippen LogP contribution >= 0.6 is 0 Å². The number of alkyl halides is 6. The smallest absolute Gasteiger partial charge is 0.846 e. The van der Waals surface area contributed by atoms with E-state index < -0.39 is 36.9 Å². The van der Waals surface area contributed by atoms with Gasteiger partial charge in [0.2, 0.25) is 0 Å². The molecule has 0 fully saturated rings. The SMILES string of the molecule is CC(=N)O.CC(=NCCN(CCN)CCN)C(C)(C)[O-].O=S(=O)([O-])C(F)(F)F.O=S(=O)([O-])C(F)(F)F.[Co+3]. The topological polar surface area (TPSA) is 249 Å². The van der Waals surface area contributed by atoms with Crippen LogP contribution in [0, 0.1) is 5.41 Å². The maximum atomic E-state index is 11.5. The number of aliphatic hydroxyl groups excluding tert-OH is 1. The van der Waals surface area contributed by atoms with Crippen molar-refractivity contribution >= 4 is 31.8 Å². The van der Waals surface area contributed by atoms with Gasteiger partial charge < -0.3 is 30.8 Å². The van der Waals surface area contributed by atoms with Crippen molar-refractivity contribution in [3.8, 4) is 0 Å². The standard InChI is InChI=1S/C11H25N4O.C2H5NO.2CHF3O3S.Co/c1-10(11(2,3)16)14-6-9-15(7-4-12)8-5-13;1-2(3)4;2*2-1(3,4)8(5,6)7;/h4-9,12-13H2,1-3H3;1H3,(H2,3,4);2*(H,5,6,7);/q-1;;;;+3/p-2. The molecule has 37 heavy (non-hydrogen) atoms. The first-order chi connectivity index (χ1) is 15.6. The van der Waals surface area contributed by atoms with Crippen molar-refractivity contribution in [3.63, 3.8) is 0 Å². The first kappa shape index (κ1) is 45.8. The number of halogens is 6. The Morgan fingerprint density at radius 2 is 1.14 bits per heavy atom. The molecular formula is C15H30CoF6N5O8S2. The second kappa shape index (κ2) is 19.9. The van der Waals surface area contributed by atoms with E-state index in [9.17, 15) is 31.4 Å². The van der Waals surface area contributed by atoms with Crippen LogP contribution in [0.5, 0.6) is 0 Å². The van der Waals surface area contributed by atoms with E-state index in [1.165, 1.54) is 6.92 Å². The first-order valence-electron chi connectivity index (χ1n) is 9.27. The van der Waals surface area contributed by atoms with Crippen molar-refractivity contribution in [2.24, 2.45) is 16.5 Å². The summed E-state index contributed by atoms with van der Waals surface area (Å²) in [6, 6.07) is 0. The van der Waals surface area contributed by atoms with E-state index in [4.69, 9.17) is 47.9 Å². The number of nitrogens with zero attached hydrogens (tertiary/aromatic N) is 2. The average Bonchev–Trinajstić information content (AvgIpc) is 2.58. The molecule has 0 heterocycles. The van der Waals surface area contributed by atoms with E-state index in [1.807, 2.05) is 0 Å². The summed E-state index contributed by atoms with van der Waals surface area (Å²) < 4.78 is 118. The molecule has 0 aliphatic carbocycles. The van der Waals surface area contributed by atoms with E-state index in [0.717, 1.165) is 19.6 Å². The summed E-state index contributed by atoms with van der Waals surface area (Å²) in [4.78, 5) is 6.44. The number of aliphatic imine (C=N–C) groups is 1. The average molecular weight is 645 g/mol. The predicted molar refractivity (Wildman–Crippen MR) is 114 cm³/mol. The van der Waals surface area contributed by atoms with Crippen LogP contribution in [0.25, 0.3) is 0 Å². The normalized spacial score (nSPS) is 12.6. The van der Waals surface area contributed by atoms with E-state index in [0.29, 0.717) is 25.3 Å². The summed E-state index contributed by atoms with van der Waals surface area (Å²) >= 11 is 0. The van der Waals surface area contributed by atoms with Gasteiger partial charge in [0.1, 0.15) is 0 Å². The first-order valence-corrected chi connectivity index (χ1v) is 12.1. The molecule has 0 unspecified atom stereocenters. The summed E-state index contributed by atoms with van der Waals surface area (Å²) in [7, 11) is -12.2. The van der Waals surface area contributed by atoms with Crippen LogP contribution in [0.2, 0.25) is 0 Å². The van der Waals surface area contributed by atoms with Crippen molar-refractivity contribution in [1.82, 2.24) is 4.90 Å². The molecule has 0 rings (SSSR count). The maximum Gasteiger partial charge on any atom is 3.00 e. The van der Waals surface area contributed by atoms with Crippen LogP contribution in [0.15, 0.2) is 4.99 Å². The Bertz CT molecular complexity index is 812. The van der Waals surface area contributed by atoms with Gasteiger partial charge in [-0.25, -0.2) is 16.8 Å². The summed E-state index contributed by atoms with van der Waals surface area (Å²) in [5, 5.41) is 25.2. The molecule has 0 aromatic carbocycles. The van der Waals surface area contributed by atoms with Gasteiger partial charge in [0.25, 0.3) is 0 Å². The van der Waals surface area contributed by atoms with E-state index in [1.54, 1.807) is 20.8 Å². The molecule has 0 aliphatic rings. The molecule has 13 nitrogen and oxygen atoms in total. The molecule has 6 N–H and O–H groups in total. The molecule has 226 valence electrons. The van der Waals surface area contributed by atoms with Crippen molar-refractivity contribution in [1.29, 1.82) is 5.41 Å². The van der Waals surface area contributed by atoms with Crippen LogP contribution in [0.4, 0.5) is 26.3 Å². The zero-order valence-electron chi connectivity index (χ0n) is 20.0. The van der Waals surface area contributed by atoms with Crippen molar-refractivity contribution in [2.75, 3.05) is 39.3 Å². The molecule has 22 heteroatoms. The number of hydrogen-bond acceptors (Lipinski definition) is 12. The second-order valence-corrected chi connectivity index (χ2v) is 9.52. The van der Waals surface area contributed by atoms with Crippen LogP contribution < -0.4 is 16.6 Å². The molecule has 0 saturated carbocycles.